The SMILES string of the molecule is CN(C)S(=O)(=O)c1ccc(OCC(=O)Nc2cccc3ccccc23)cc1. The number of carbonyl (C=O) groups excluding carboxylic acids is 1. The van der Waals surface area contributed by atoms with Crippen molar-refractivity contribution in [3.8, 4) is 5.75 Å². The van der Waals surface area contributed by atoms with E-state index in [0.29, 0.717) is 11.4 Å². The number of carbonyl (C=O) groups is 1. The number of rotatable bonds is 6. The van der Waals surface area contributed by atoms with Crippen LogP contribution >= 0.6 is 0 Å². The van der Waals surface area contributed by atoms with Gasteiger partial charge in [0.1, 0.15) is 5.75 Å². The van der Waals surface area contributed by atoms with E-state index in [4.69, 9.17) is 4.74 Å². The minimum atomic E-state index is -3.49. The Balaban J connectivity index is 1.64. The van der Waals surface area contributed by atoms with Gasteiger partial charge in [-0.1, -0.05) is 36.4 Å². The third kappa shape index (κ3) is 4.27. The molecule has 0 unspecified atom stereocenters. The van der Waals surface area contributed by atoms with Crippen LogP contribution in [0.15, 0.2) is 71.6 Å². The molecule has 0 aromatic heterocycles. The Bertz CT molecular complexity index is 1060. The maximum Gasteiger partial charge on any atom is 0.262 e. The van der Waals surface area contributed by atoms with E-state index in [1.807, 2.05) is 42.5 Å². The van der Waals surface area contributed by atoms with Crippen LogP contribution in [0.4, 0.5) is 5.69 Å². The number of hydrogen-bond donors (Lipinski definition) is 1. The minimum absolute atomic E-state index is 0.167. The van der Waals surface area contributed by atoms with Crippen molar-refractivity contribution in [1.29, 1.82) is 0 Å². The lowest BCUT2D eigenvalue weighted by atomic mass is 10.1. The van der Waals surface area contributed by atoms with Crippen molar-refractivity contribution in [2.24, 2.45) is 0 Å². The molecule has 1 N–H and O–H groups in total. The molecule has 27 heavy (non-hydrogen) atoms. The second-order valence-electron chi connectivity index (χ2n) is 6.12. The summed E-state index contributed by atoms with van der Waals surface area (Å²) in [6.07, 6.45) is 0. The zero-order valence-electron chi connectivity index (χ0n) is 15.0. The fourth-order valence-corrected chi connectivity index (χ4v) is 3.49. The third-order valence-electron chi connectivity index (χ3n) is 4.04. The van der Waals surface area contributed by atoms with Crippen molar-refractivity contribution in [1.82, 2.24) is 4.31 Å². The fourth-order valence-electron chi connectivity index (χ4n) is 2.59. The van der Waals surface area contributed by atoms with Crippen LogP contribution in [0.1, 0.15) is 0 Å². The van der Waals surface area contributed by atoms with Gasteiger partial charge in [0.25, 0.3) is 5.91 Å². The molecule has 0 aliphatic carbocycles. The van der Waals surface area contributed by atoms with Crippen LogP contribution in [0.3, 0.4) is 0 Å². The normalized spacial score (nSPS) is 11.5. The molecule has 0 spiro atoms. The molecule has 0 aliphatic heterocycles. The van der Waals surface area contributed by atoms with E-state index in [2.05, 4.69) is 5.32 Å². The Labute approximate surface area is 158 Å². The van der Waals surface area contributed by atoms with Crippen LogP contribution in [-0.2, 0) is 14.8 Å². The van der Waals surface area contributed by atoms with E-state index < -0.39 is 10.0 Å². The number of anilines is 1. The van der Waals surface area contributed by atoms with Gasteiger partial charge in [-0.2, -0.15) is 0 Å². The van der Waals surface area contributed by atoms with Gasteiger partial charge in [0.2, 0.25) is 10.0 Å². The van der Waals surface area contributed by atoms with Crippen molar-refractivity contribution in [3.05, 3.63) is 66.7 Å². The molecule has 6 nitrogen and oxygen atoms in total. The lowest BCUT2D eigenvalue weighted by Crippen LogP contribution is -2.22. The molecule has 0 bridgehead atoms. The van der Waals surface area contributed by atoms with Crippen LogP contribution < -0.4 is 10.1 Å². The molecule has 0 radical (unpaired) electrons. The molecule has 0 fully saturated rings. The first-order chi connectivity index (χ1) is 12.9. The summed E-state index contributed by atoms with van der Waals surface area (Å²) >= 11 is 0. The number of fused-ring (bicyclic) bond motifs is 1. The summed E-state index contributed by atoms with van der Waals surface area (Å²) in [7, 11) is -0.549. The fraction of sp³-hybridized carbons (Fsp3) is 0.150. The molecular weight excluding hydrogens is 364 g/mol. The van der Waals surface area contributed by atoms with E-state index in [9.17, 15) is 13.2 Å². The minimum Gasteiger partial charge on any atom is -0.484 e. The number of sulfonamides is 1. The van der Waals surface area contributed by atoms with Gasteiger partial charge in [-0.3, -0.25) is 4.79 Å². The molecule has 0 saturated heterocycles. The van der Waals surface area contributed by atoms with Crippen molar-refractivity contribution < 1.29 is 17.9 Å². The maximum absolute atomic E-state index is 12.2. The standard InChI is InChI=1S/C20H20N2O4S/c1-22(2)27(24,25)17-12-10-16(11-13-17)26-14-20(23)21-19-9-5-7-15-6-3-4-8-18(15)19/h3-13H,14H2,1-2H3,(H,21,23). The zero-order chi connectivity index (χ0) is 19.4. The second-order valence-corrected chi connectivity index (χ2v) is 8.27. The van der Waals surface area contributed by atoms with Crippen LogP contribution in [0, 0.1) is 0 Å². The molecular formula is C20H20N2O4S. The summed E-state index contributed by atoms with van der Waals surface area (Å²) in [6, 6.07) is 19.4. The Morgan fingerprint density at radius 2 is 1.63 bits per heavy atom. The van der Waals surface area contributed by atoms with Crippen molar-refractivity contribution in [3.63, 3.8) is 0 Å². The molecule has 3 aromatic rings. The monoisotopic (exact) mass is 384 g/mol. The first kappa shape index (κ1) is 18.9. The van der Waals surface area contributed by atoms with Crippen LogP contribution in [0.25, 0.3) is 10.8 Å². The lowest BCUT2D eigenvalue weighted by Gasteiger charge is -2.12. The quantitative estimate of drug-likeness (QED) is 0.709. The molecule has 1 amide bonds. The Morgan fingerprint density at radius 1 is 0.963 bits per heavy atom. The molecule has 140 valence electrons. The second kappa shape index (κ2) is 7.77. The summed E-state index contributed by atoms with van der Waals surface area (Å²) in [5, 5.41) is 4.83. The van der Waals surface area contributed by atoms with Crippen LogP contribution in [0.2, 0.25) is 0 Å². The Hall–Kier alpha value is -2.90. The van der Waals surface area contributed by atoms with E-state index in [1.165, 1.54) is 38.4 Å². The summed E-state index contributed by atoms with van der Waals surface area (Å²) in [5.74, 6) is 0.122. The number of amides is 1. The highest BCUT2D eigenvalue weighted by atomic mass is 32.2. The van der Waals surface area contributed by atoms with Gasteiger partial charge in [-0.15, -0.1) is 0 Å². The summed E-state index contributed by atoms with van der Waals surface area (Å²) in [4.78, 5) is 12.4. The third-order valence-corrected chi connectivity index (χ3v) is 5.87. The number of nitrogens with one attached hydrogen (secondary N) is 1. The highest BCUT2D eigenvalue weighted by Gasteiger charge is 2.16. The number of benzene rings is 3. The van der Waals surface area contributed by atoms with Gasteiger partial charge < -0.3 is 10.1 Å². The van der Waals surface area contributed by atoms with Crippen molar-refractivity contribution >= 4 is 32.4 Å². The summed E-state index contributed by atoms with van der Waals surface area (Å²) in [6.45, 7) is -0.178. The molecule has 0 atom stereocenters. The zero-order valence-corrected chi connectivity index (χ0v) is 15.9. The highest BCUT2D eigenvalue weighted by Crippen LogP contribution is 2.23. The van der Waals surface area contributed by atoms with Gasteiger partial charge in [0, 0.05) is 25.2 Å². The predicted molar refractivity (Wildman–Crippen MR) is 105 cm³/mol. The average molecular weight is 384 g/mol. The summed E-state index contributed by atoms with van der Waals surface area (Å²) < 4.78 is 30.7. The van der Waals surface area contributed by atoms with Crippen molar-refractivity contribution in [2.45, 2.75) is 4.90 Å². The molecule has 0 saturated carbocycles. The van der Waals surface area contributed by atoms with Gasteiger partial charge in [0.15, 0.2) is 6.61 Å². The predicted octanol–water partition coefficient (Wildman–Crippen LogP) is 3.11. The van der Waals surface area contributed by atoms with Gasteiger partial charge in [0.05, 0.1) is 4.90 Å². The Morgan fingerprint density at radius 3 is 2.33 bits per heavy atom. The topological polar surface area (TPSA) is 75.7 Å². The average Bonchev–Trinajstić information content (AvgIpc) is 2.67. The first-order valence-electron chi connectivity index (χ1n) is 8.31. The van der Waals surface area contributed by atoms with Crippen LogP contribution in [-0.4, -0.2) is 39.3 Å². The van der Waals surface area contributed by atoms with Crippen molar-refractivity contribution in [2.75, 3.05) is 26.0 Å². The number of nitrogens with zero attached hydrogens (tertiary/aromatic N) is 1. The van der Waals surface area contributed by atoms with Gasteiger partial charge in [-0.25, -0.2) is 12.7 Å². The molecule has 7 heteroatoms. The maximum atomic E-state index is 12.2. The van der Waals surface area contributed by atoms with E-state index >= 15 is 0 Å². The van der Waals surface area contributed by atoms with E-state index in [0.717, 1.165) is 15.1 Å². The summed E-state index contributed by atoms with van der Waals surface area (Å²) in [5.41, 5.74) is 0.717. The highest BCUT2D eigenvalue weighted by molar-refractivity contribution is 7.89. The van der Waals surface area contributed by atoms with Gasteiger partial charge in [-0.05, 0) is 35.7 Å². The van der Waals surface area contributed by atoms with E-state index in [1.54, 1.807) is 0 Å². The molecule has 3 aromatic carbocycles. The lowest BCUT2D eigenvalue weighted by molar-refractivity contribution is -0.118. The van der Waals surface area contributed by atoms with Gasteiger partial charge >= 0.3 is 0 Å². The largest absolute Gasteiger partial charge is 0.484 e. The number of hydrogen-bond acceptors (Lipinski definition) is 4. The molecule has 3 rings (SSSR count). The molecule has 0 aliphatic rings. The first-order valence-corrected chi connectivity index (χ1v) is 9.75. The van der Waals surface area contributed by atoms with Crippen LogP contribution in [0.5, 0.6) is 5.75 Å². The molecule has 0 heterocycles. The Kier molecular flexibility index (Phi) is 5.43. The smallest absolute Gasteiger partial charge is 0.262 e. The van der Waals surface area contributed by atoms with E-state index in [-0.39, 0.29) is 17.4 Å². The number of ether oxygens (including phenoxy) is 1.